The summed E-state index contributed by atoms with van der Waals surface area (Å²) in [6.45, 7) is 16.6. The molecule has 2 nitrogen and oxygen atoms in total. The molecule has 0 aromatic carbocycles. The molecule has 18 heavy (non-hydrogen) atoms. The lowest BCUT2D eigenvalue weighted by Crippen LogP contribution is -2.49. The van der Waals surface area contributed by atoms with Gasteiger partial charge in [0.25, 0.3) is 0 Å². The first-order valence-corrected chi connectivity index (χ1v) is 7.99. The average molecular weight is 254 g/mol. The molecule has 108 valence electrons. The topological polar surface area (TPSA) is 15.3 Å². The molecular weight excluding hydrogens is 220 g/mol. The molecule has 1 unspecified atom stereocenters. The van der Waals surface area contributed by atoms with Crippen molar-refractivity contribution in [3.05, 3.63) is 0 Å². The van der Waals surface area contributed by atoms with Crippen LogP contribution in [0.3, 0.4) is 0 Å². The Kier molecular flexibility index (Phi) is 7.25. The summed E-state index contributed by atoms with van der Waals surface area (Å²) < 4.78 is 0. The Bertz CT molecular complexity index is 205. The van der Waals surface area contributed by atoms with E-state index in [1.807, 2.05) is 0 Å². The molecule has 1 aliphatic rings. The van der Waals surface area contributed by atoms with Crippen LogP contribution in [0.25, 0.3) is 0 Å². The SMILES string of the molecule is CCC1CCN(C(CNCC(C)C)C(C)C)CC1. The van der Waals surface area contributed by atoms with Gasteiger partial charge < -0.3 is 5.32 Å². The Labute approximate surface area is 115 Å². The van der Waals surface area contributed by atoms with E-state index in [0.29, 0.717) is 0 Å². The van der Waals surface area contributed by atoms with Crippen LogP contribution in [0.2, 0.25) is 0 Å². The van der Waals surface area contributed by atoms with E-state index in [9.17, 15) is 0 Å². The Hall–Kier alpha value is -0.0800. The predicted molar refractivity (Wildman–Crippen MR) is 80.9 cm³/mol. The summed E-state index contributed by atoms with van der Waals surface area (Å²) in [6.07, 6.45) is 4.18. The van der Waals surface area contributed by atoms with Crippen molar-refractivity contribution in [2.24, 2.45) is 17.8 Å². The van der Waals surface area contributed by atoms with Gasteiger partial charge in [-0.15, -0.1) is 0 Å². The van der Waals surface area contributed by atoms with Crippen molar-refractivity contribution in [3.63, 3.8) is 0 Å². The largest absolute Gasteiger partial charge is 0.315 e. The van der Waals surface area contributed by atoms with Crippen LogP contribution in [0.15, 0.2) is 0 Å². The number of nitrogens with one attached hydrogen (secondary N) is 1. The summed E-state index contributed by atoms with van der Waals surface area (Å²) in [7, 11) is 0. The second-order valence-corrected chi connectivity index (χ2v) is 6.75. The number of rotatable bonds is 7. The fraction of sp³-hybridized carbons (Fsp3) is 1.00. The Morgan fingerprint density at radius 3 is 2.11 bits per heavy atom. The van der Waals surface area contributed by atoms with E-state index >= 15 is 0 Å². The molecule has 0 spiro atoms. The van der Waals surface area contributed by atoms with Gasteiger partial charge in [0, 0.05) is 12.6 Å². The van der Waals surface area contributed by atoms with Crippen LogP contribution in [-0.2, 0) is 0 Å². The predicted octanol–water partition coefficient (Wildman–Crippen LogP) is 3.38. The molecule has 0 aliphatic carbocycles. The van der Waals surface area contributed by atoms with Crippen LogP contribution in [0, 0.1) is 17.8 Å². The van der Waals surface area contributed by atoms with E-state index in [-0.39, 0.29) is 0 Å². The van der Waals surface area contributed by atoms with Gasteiger partial charge in [0.2, 0.25) is 0 Å². The number of likely N-dealkylation sites (tertiary alicyclic amines) is 1. The third-order valence-electron chi connectivity index (χ3n) is 4.37. The number of hydrogen-bond acceptors (Lipinski definition) is 2. The highest BCUT2D eigenvalue weighted by Gasteiger charge is 2.25. The summed E-state index contributed by atoms with van der Waals surface area (Å²) in [5.74, 6) is 2.49. The van der Waals surface area contributed by atoms with Gasteiger partial charge in [-0.2, -0.15) is 0 Å². The van der Waals surface area contributed by atoms with Gasteiger partial charge in [0.1, 0.15) is 0 Å². The molecule has 1 rings (SSSR count). The molecule has 0 saturated carbocycles. The minimum absolute atomic E-state index is 0.724. The van der Waals surface area contributed by atoms with Gasteiger partial charge in [-0.1, -0.05) is 41.0 Å². The molecule has 0 amide bonds. The lowest BCUT2D eigenvalue weighted by molar-refractivity contribution is 0.101. The van der Waals surface area contributed by atoms with Crippen molar-refractivity contribution < 1.29 is 0 Å². The van der Waals surface area contributed by atoms with Crippen molar-refractivity contribution in [2.45, 2.75) is 59.9 Å². The highest BCUT2D eigenvalue weighted by Crippen LogP contribution is 2.23. The van der Waals surface area contributed by atoms with Crippen molar-refractivity contribution in [2.75, 3.05) is 26.2 Å². The monoisotopic (exact) mass is 254 g/mol. The summed E-state index contributed by atoms with van der Waals surface area (Å²) in [6, 6.07) is 0.724. The molecule has 1 fully saturated rings. The molecule has 1 heterocycles. The van der Waals surface area contributed by atoms with Crippen molar-refractivity contribution >= 4 is 0 Å². The summed E-state index contributed by atoms with van der Waals surface area (Å²) in [5.41, 5.74) is 0. The van der Waals surface area contributed by atoms with E-state index in [0.717, 1.165) is 36.9 Å². The second-order valence-electron chi connectivity index (χ2n) is 6.75. The summed E-state index contributed by atoms with van der Waals surface area (Å²) in [5, 5.41) is 3.65. The minimum Gasteiger partial charge on any atom is -0.315 e. The fourth-order valence-corrected chi connectivity index (χ4v) is 3.00. The Morgan fingerprint density at radius 1 is 1.06 bits per heavy atom. The zero-order valence-electron chi connectivity index (χ0n) is 13.2. The molecule has 0 bridgehead atoms. The third kappa shape index (κ3) is 5.27. The summed E-state index contributed by atoms with van der Waals surface area (Å²) >= 11 is 0. The smallest absolute Gasteiger partial charge is 0.0243 e. The molecule has 1 saturated heterocycles. The lowest BCUT2D eigenvalue weighted by Gasteiger charge is -2.39. The maximum Gasteiger partial charge on any atom is 0.0243 e. The minimum atomic E-state index is 0.724. The first-order chi connectivity index (χ1) is 8.54. The Morgan fingerprint density at radius 2 is 1.67 bits per heavy atom. The van der Waals surface area contributed by atoms with E-state index in [4.69, 9.17) is 0 Å². The molecule has 2 heteroatoms. The maximum absolute atomic E-state index is 3.65. The first kappa shape index (κ1) is 16.0. The molecule has 1 atom stereocenters. The van der Waals surface area contributed by atoms with Crippen molar-refractivity contribution in [1.29, 1.82) is 0 Å². The average Bonchev–Trinajstić information content (AvgIpc) is 2.34. The molecule has 0 radical (unpaired) electrons. The van der Waals surface area contributed by atoms with Crippen LogP contribution in [-0.4, -0.2) is 37.1 Å². The van der Waals surface area contributed by atoms with Gasteiger partial charge in [0.15, 0.2) is 0 Å². The van der Waals surface area contributed by atoms with Crippen molar-refractivity contribution in [3.8, 4) is 0 Å². The zero-order valence-corrected chi connectivity index (χ0v) is 13.2. The van der Waals surface area contributed by atoms with E-state index in [2.05, 4.69) is 44.8 Å². The summed E-state index contributed by atoms with van der Waals surface area (Å²) in [4.78, 5) is 2.73. The maximum atomic E-state index is 3.65. The zero-order chi connectivity index (χ0) is 13.5. The number of nitrogens with zero attached hydrogens (tertiary/aromatic N) is 1. The second kappa shape index (κ2) is 8.16. The fourth-order valence-electron chi connectivity index (χ4n) is 3.00. The van der Waals surface area contributed by atoms with Crippen LogP contribution < -0.4 is 5.32 Å². The molecular formula is C16H34N2. The van der Waals surface area contributed by atoms with Gasteiger partial charge in [-0.25, -0.2) is 0 Å². The highest BCUT2D eigenvalue weighted by atomic mass is 15.2. The third-order valence-corrected chi connectivity index (χ3v) is 4.37. The van der Waals surface area contributed by atoms with Gasteiger partial charge in [-0.05, 0) is 50.2 Å². The molecule has 1 N–H and O–H groups in total. The van der Waals surface area contributed by atoms with Crippen LogP contribution in [0.4, 0.5) is 0 Å². The van der Waals surface area contributed by atoms with Gasteiger partial charge >= 0.3 is 0 Å². The quantitative estimate of drug-likeness (QED) is 0.749. The standard InChI is InChI=1S/C16H34N2/c1-6-15-7-9-18(10-8-15)16(14(4)5)12-17-11-13(2)3/h13-17H,6-12H2,1-5H3. The molecule has 0 aromatic rings. The number of hydrogen-bond donors (Lipinski definition) is 1. The van der Waals surface area contributed by atoms with Gasteiger partial charge in [-0.3, -0.25) is 4.90 Å². The van der Waals surface area contributed by atoms with Crippen LogP contribution in [0.1, 0.15) is 53.9 Å². The van der Waals surface area contributed by atoms with E-state index < -0.39 is 0 Å². The number of piperidine rings is 1. The highest BCUT2D eigenvalue weighted by molar-refractivity contribution is 4.81. The molecule has 1 aliphatic heterocycles. The van der Waals surface area contributed by atoms with E-state index in [1.165, 1.54) is 32.4 Å². The van der Waals surface area contributed by atoms with Crippen LogP contribution >= 0.6 is 0 Å². The normalized spacial score (nSPS) is 20.8. The Balaban J connectivity index is 2.37. The van der Waals surface area contributed by atoms with Gasteiger partial charge in [0.05, 0.1) is 0 Å². The van der Waals surface area contributed by atoms with E-state index in [1.54, 1.807) is 0 Å². The first-order valence-electron chi connectivity index (χ1n) is 7.99. The van der Waals surface area contributed by atoms with Crippen LogP contribution in [0.5, 0.6) is 0 Å². The molecule has 0 aromatic heterocycles. The lowest BCUT2D eigenvalue weighted by atomic mass is 9.91. The van der Waals surface area contributed by atoms with Crippen molar-refractivity contribution in [1.82, 2.24) is 10.2 Å².